The monoisotopic (exact) mass is 461 g/mol. The largest absolute Gasteiger partial charge is 0.359 e. The van der Waals surface area contributed by atoms with Gasteiger partial charge in [-0.1, -0.05) is 30.3 Å². The molecule has 5 rings (SSSR count). The van der Waals surface area contributed by atoms with Crippen molar-refractivity contribution in [3.05, 3.63) is 76.3 Å². The Morgan fingerprint density at radius 1 is 1.00 bits per heavy atom. The number of thiazole rings is 1. The second-order valence-corrected chi connectivity index (χ2v) is 8.49. The molecule has 0 aliphatic carbocycles. The molecule has 0 spiro atoms. The molecule has 2 N–H and O–H groups in total. The summed E-state index contributed by atoms with van der Waals surface area (Å²) in [6, 6.07) is 14.0. The van der Waals surface area contributed by atoms with Crippen molar-refractivity contribution < 1.29 is 19.2 Å². The lowest BCUT2D eigenvalue weighted by molar-refractivity contribution is -0.120. The highest BCUT2D eigenvalue weighted by Crippen LogP contribution is 2.44. The molecule has 2 aliphatic rings. The molecule has 0 saturated carbocycles. The molecule has 0 bridgehead atoms. The summed E-state index contributed by atoms with van der Waals surface area (Å²) in [5.74, 6) is -1.16. The minimum atomic E-state index is -0.707. The number of rotatable bonds is 5. The predicted octanol–water partition coefficient (Wildman–Crippen LogP) is 2.19. The number of carbonyl (C=O) groups excluding carboxylic acids is 4. The summed E-state index contributed by atoms with van der Waals surface area (Å²) in [7, 11) is 1.54. The molecule has 2 aliphatic heterocycles. The van der Waals surface area contributed by atoms with E-state index in [1.54, 1.807) is 59.8 Å². The number of fused-ring (bicyclic) bond motifs is 5. The third-order valence-electron chi connectivity index (χ3n) is 5.62. The van der Waals surface area contributed by atoms with Gasteiger partial charge in [0.1, 0.15) is 12.7 Å². The molecule has 33 heavy (non-hydrogen) atoms. The highest BCUT2D eigenvalue weighted by atomic mass is 32.1. The van der Waals surface area contributed by atoms with E-state index in [1.165, 1.54) is 16.2 Å². The van der Waals surface area contributed by atoms with E-state index >= 15 is 0 Å². The lowest BCUT2D eigenvalue weighted by Gasteiger charge is -2.40. The van der Waals surface area contributed by atoms with Crippen molar-refractivity contribution in [2.45, 2.75) is 12.6 Å². The number of aromatic nitrogens is 1. The molecule has 3 aromatic rings. The third kappa shape index (κ3) is 3.54. The molecule has 166 valence electrons. The highest BCUT2D eigenvalue weighted by Gasteiger charge is 2.48. The van der Waals surface area contributed by atoms with E-state index in [9.17, 15) is 19.2 Å². The van der Waals surface area contributed by atoms with Gasteiger partial charge < -0.3 is 15.5 Å². The Kier molecular flexibility index (Phi) is 5.14. The van der Waals surface area contributed by atoms with Crippen molar-refractivity contribution >= 4 is 45.8 Å². The maximum atomic E-state index is 13.4. The van der Waals surface area contributed by atoms with Crippen LogP contribution in [0.1, 0.15) is 38.1 Å². The predicted molar refractivity (Wildman–Crippen MR) is 122 cm³/mol. The number of hydrogen-bond donors (Lipinski definition) is 2. The molecule has 3 heterocycles. The zero-order valence-electron chi connectivity index (χ0n) is 17.6. The van der Waals surface area contributed by atoms with Crippen molar-refractivity contribution in [2.24, 2.45) is 0 Å². The van der Waals surface area contributed by atoms with Crippen LogP contribution in [0.25, 0.3) is 0 Å². The minimum Gasteiger partial charge on any atom is -0.359 e. The number of nitrogens with one attached hydrogen (secondary N) is 2. The van der Waals surface area contributed by atoms with Gasteiger partial charge in [-0.25, -0.2) is 4.98 Å². The number of amides is 4. The molecule has 0 saturated heterocycles. The molecule has 1 atom stereocenters. The number of hydrogen-bond acceptors (Lipinski definition) is 6. The fraction of sp³-hybridized carbons (Fsp3) is 0.174. The van der Waals surface area contributed by atoms with Crippen LogP contribution in [0.15, 0.2) is 53.9 Å². The van der Waals surface area contributed by atoms with Crippen LogP contribution in [0, 0.1) is 0 Å². The number of benzene rings is 2. The Bertz CT molecular complexity index is 1300. The zero-order chi connectivity index (χ0) is 23.1. The molecular formula is C23H19N5O4S. The maximum absolute atomic E-state index is 13.4. The van der Waals surface area contributed by atoms with Crippen LogP contribution in [-0.2, 0) is 16.0 Å². The van der Waals surface area contributed by atoms with Gasteiger partial charge in [-0.05, 0) is 18.2 Å². The Hall–Kier alpha value is -4.05. The van der Waals surface area contributed by atoms with Gasteiger partial charge in [-0.3, -0.25) is 24.1 Å². The van der Waals surface area contributed by atoms with Crippen LogP contribution in [0.2, 0.25) is 0 Å². The van der Waals surface area contributed by atoms with E-state index in [0.29, 0.717) is 33.2 Å². The third-order valence-corrected chi connectivity index (χ3v) is 6.42. The summed E-state index contributed by atoms with van der Waals surface area (Å²) in [5, 5.41) is 7.26. The Morgan fingerprint density at radius 2 is 1.73 bits per heavy atom. The van der Waals surface area contributed by atoms with Crippen LogP contribution in [0.5, 0.6) is 0 Å². The van der Waals surface area contributed by atoms with Crippen LogP contribution in [0.4, 0.5) is 10.8 Å². The summed E-state index contributed by atoms with van der Waals surface area (Å²) in [6.07, 6.45) is -0.595. The van der Waals surface area contributed by atoms with E-state index < -0.39 is 12.1 Å². The van der Waals surface area contributed by atoms with Gasteiger partial charge in [0, 0.05) is 23.6 Å². The second-order valence-electron chi connectivity index (χ2n) is 7.63. The van der Waals surface area contributed by atoms with Crippen molar-refractivity contribution in [1.82, 2.24) is 15.2 Å². The summed E-state index contributed by atoms with van der Waals surface area (Å²) >= 11 is 1.20. The van der Waals surface area contributed by atoms with Gasteiger partial charge >= 0.3 is 0 Å². The van der Waals surface area contributed by atoms with E-state index in [-0.39, 0.29) is 30.7 Å². The number of nitrogens with zero attached hydrogens (tertiary/aromatic N) is 3. The fourth-order valence-corrected chi connectivity index (χ4v) is 4.87. The molecule has 4 amide bonds. The van der Waals surface area contributed by atoms with E-state index in [0.717, 1.165) is 0 Å². The van der Waals surface area contributed by atoms with Gasteiger partial charge in [0.25, 0.3) is 11.8 Å². The first kappa shape index (κ1) is 20.8. The number of likely N-dealkylation sites (N-methyl/N-ethyl adjacent to an activating group) is 1. The molecule has 9 nitrogen and oxygen atoms in total. The fourth-order valence-electron chi connectivity index (χ4n) is 4.15. The number of carbonyl (C=O) groups is 4. The SMILES string of the molecule is CNC(=O)Cc1csc(NC(=O)CN2C(=O)c3ccccc3N3C(=O)c4ccccc4C23)n1. The highest BCUT2D eigenvalue weighted by molar-refractivity contribution is 7.13. The zero-order valence-corrected chi connectivity index (χ0v) is 18.4. The summed E-state index contributed by atoms with van der Waals surface area (Å²) < 4.78 is 0. The first-order valence-corrected chi connectivity index (χ1v) is 11.1. The lowest BCUT2D eigenvalue weighted by atomic mass is 10.0. The van der Waals surface area contributed by atoms with E-state index in [1.807, 2.05) is 6.07 Å². The molecule has 0 radical (unpaired) electrons. The Labute approximate surface area is 193 Å². The quantitative estimate of drug-likeness (QED) is 0.605. The minimum absolute atomic E-state index is 0.111. The molecule has 10 heteroatoms. The van der Waals surface area contributed by atoms with Gasteiger partial charge in [-0.2, -0.15) is 0 Å². The second kappa shape index (κ2) is 8.14. The van der Waals surface area contributed by atoms with E-state index in [4.69, 9.17) is 0 Å². The lowest BCUT2D eigenvalue weighted by Crippen LogP contribution is -2.50. The molecule has 1 aromatic heterocycles. The van der Waals surface area contributed by atoms with Crippen molar-refractivity contribution in [3.8, 4) is 0 Å². The average molecular weight is 462 g/mol. The smallest absolute Gasteiger partial charge is 0.260 e. The van der Waals surface area contributed by atoms with Crippen LogP contribution in [-0.4, -0.2) is 47.1 Å². The molecular weight excluding hydrogens is 442 g/mol. The topological polar surface area (TPSA) is 112 Å². The number of anilines is 2. The standard InChI is InChI=1S/C23H19N5O4S/c1-24-18(29)10-13-12-33-23(25-13)26-19(30)11-27-20-14-6-2-3-7-15(14)22(32)28(20)17-9-5-4-8-16(17)21(27)31/h2-9,12,20H,10-11H2,1H3,(H,24,29)(H,25,26,30). The van der Waals surface area contributed by atoms with Crippen LogP contribution < -0.4 is 15.5 Å². The normalized spacial score (nSPS) is 16.2. The average Bonchev–Trinajstić information content (AvgIpc) is 3.38. The summed E-state index contributed by atoms with van der Waals surface area (Å²) in [4.78, 5) is 58.2. The first-order chi connectivity index (χ1) is 16.0. The molecule has 1 unspecified atom stereocenters. The van der Waals surface area contributed by atoms with Gasteiger partial charge in [0.2, 0.25) is 11.8 Å². The van der Waals surface area contributed by atoms with Crippen LogP contribution >= 0.6 is 11.3 Å². The maximum Gasteiger partial charge on any atom is 0.260 e. The molecule has 2 aromatic carbocycles. The van der Waals surface area contributed by atoms with Crippen LogP contribution in [0.3, 0.4) is 0 Å². The van der Waals surface area contributed by atoms with Crippen molar-refractivity contribution in [2.75, 3.05) is 23.8 Å². The van der Waals surface area contributed by atoms with Crippen molar-refractivity contribution in [3.63, 3.8) is 0 Å². The summed E-state index contributed by atoms with van der Waals surface area (Å²) in [6.45, 7) is -0.264. The number of para-hydroxylation sites is 1. The Balaban J connectivity index is 1.43. The first-order valence-electron chi connectivity index (χ1n) is 10.2. The summed E-state index contributed by atoms with van der Waals surface area (Å²) in [5.41, 5.74) is 2.63. The van der Waals surface area contributed by atoms with E-state index in [2.05, 4.69) is 15.6 Å². The van der Waals surface area contributed by atoms with Crippen molar-refractivity contribution in [1.29, 1.82) is 0 Å². The molecule has 0 fully saturated rings. The van der Waals surface area contributed by atoms with Gasteiger partial charge in [-0.15, -0.1) is 11.3 Å². The Morgan fingerprint density at radius 3 is 2.52 bits per heavy atom. The van der Waals surface area contributed by atoms with Gasteiger partial charge in [0.05, 0.1) is 23.4 Å². The van der Waals surface area contributed by atoms with Gasteiger partial charge in [0.15, 0.2) is 5.13 Å².